The molecule has 0 saturated carbocycles. The van der Waals surface area contributed by atoms with Gasteiger partial charge >= 0.3 is 0 Å². The quantitative estimate of drug-likeness (QED) is 0.151. The van der Waals surface area contributed by atoms with Gasteiger partial charge < -0.3 is 9.32 Å². The summed E-state index contributed by atoms with van der Waals surface area (Å²) in [6.07, 6.45) is 0. The Bertz CT molecular complexity index is 3730. The van der Waals surface area contributed by atoms with Gasteiger partial charge in [-0.25, -0.2) is 0 Å². The van der Waals surface area contributed by atoms with Crippen LogP contribution in [0, 0.1) is 0 Å². The Morgan fingerprint density at radius 1 is 0.299 bits per heavy atom. The van der Waals surface area contributed by atoms with E-state index in [0.717, 1.165) is 55.5 Å². The molecule has 1 aliphatic rings. The number of hydrogen-bond donors (Lipinski definition) is 0. The number of fused-ring (bicyclic) bond motifs is 8. The van der Waals surface area contributed by atoms with Crippen LogP contribution in [0.15, 0.2) is 265 Å². The summed E-state index contributed by atoms with van der Waals surface area (Å²) in [6.45, 7) is 0. The zero-order valence-electron chi connectivity index (χ0n) is 36.7. The highest BCUT2D eigenvalue weighted by atomic mass is 16.3. The Kier molecular flexibility index (Phi) is 9.11. The Labute approximate surface area is 390 Å². The first-order chi connectivity index (χ1) is 33.2. The molecule has 0 saturated heterocycles. The molecule has 0 radical (unpaired) electrons. The fourth-order valence-corrected chi connectivity index (χ4v) is 11.0. The molecule has 0 spiro atoms. The minimum atomic E-state index is -0.560. The normalized spacial score (nSPS) is 12.6. The van der Waals surface area contributed by atoms with Crippen molar-refractivity contribution in [3.63, 3.8) is 0 Å². The lowest BCUT2D eigenvalue weighted by atomic mass is 9.67. The highest BCUT2D eigenvalue weighted by Crippen LogP contribution is 2.58. The molecule has 1 aliphatic carbocycles. The molecule has 1 heterocycles. The maximum atomic E-state index is 7.03. The van der Waals surface area contributed by atoms with Gasteiger partial charge in [0.2, 0.25) is 0 Å². The molecule has 13 rings (SSSR count). The van der Waals surface area contributed by atoms with Crippen LogP contribution in [0.25, 0.3) is 77.2 Å². The summed E-state index contributed by atoms with van der Waals surface area (Å²) in [5.74, 6) is 0. The third kappa shape index (κ3) is 6.18. The second-order valence-corrected chi connectivity index (χ2v) is 17.6. The zero-order chi connectivity index (χ0) is 44.3. The monoisotopic (exact) mass is 853 g/mol. The lowest BCUT2D eigenvalue weighted by molar-refractivity contribution is 0.673. The zero-order valence-corrected chi connectivity index (χ0v) is 36.7. The van der Waals surface area contributed by atoms with Crippen LogP contribution in [-0.2, 0) is 5.41 Å². The lowest BCUT2D eigenvalue weighted by Crippen LogP contribution is -2.28. The van der Waals surface area contributed by atoms with E-state index in [9.17, 15) is 0 Å². The van der Waals surface area contributed by atoms with Gasteiger partial charge in [0.25, 0.3) is 0 Å². The van der Waals surface area contributed by atoms with Gasteiger partial charge in [-0.15, -0.1) is 0 Å². The van der Waals surface area contributed by atoms with Crippen LogP contribution in [0.5, 0.6) is 0 Å². The Morgan fingerprint density at radius 3 is 1.46 bits per heavy atom. The number of nitrogens with zero attached hydrogens (tertiary/aromatic N) is 1. The molecular formula is C65H43NO. The van der Waals surface area contributed by atoms with Crippen molar-refractivity contribution in [3.05, 3.63) is 283 Å². The largest absolute Gasteiger partial charge is 0.455 e. The maximum Gasteiger partial charge on any atom is 0.143 e. The third-order valence-electron chi connectivity index (χ3n) is 13.9. The average molecular weight is 854 g/mol. The molecule has 67 heavy (non-hydrogen) atoms. The molecule has 12 aromatic rings. The predicted molar refractivity (Wildman–Crippen MR) is 280 cm³/mol. The second kappa shape index (κ2) is 15.8. The molecule has 0 N–H and O–H groups in total. The number of hydrogen-bond acceptors (Lipinski definition) is 2. The van der Waals surface area contributed by atoms with E-state index in [1.807, 2.05) is 0 Å². The van der Waals surface area contributed by atoms with Gasteiger partial charge in [0.05, 0.1) is 11.1 Å². The van der Waals surface area contributed by atoms with Crippen molar-refractivity contribution in [1.29, 1.82) is 0 Å². The molecule has 314 valence electrons. The van der Waals surface area contributed by atoms with Gasteiger partial charge in [0, 0.05) is 33.1 Å². The lowest BCUT2D eigenvalue weighted by Gasteiger charge is -2.35. The smallest absolute Gasteiger partial charge is 0.143 e. The molecular weight excluding hydrogens is 811 g/mol. The van der Waals surface area contributed by atoms with Gasteiger partial charge in [-0.2, -0.15) is 0 Å². The van der Waals surface area contributed by atoms with Gasteiger partial charge in [-0.3, -0.25) is 0 Å². The van der Waals surface area contributed by atoms with E-state index in [4.69, 9.17) is 4.42 Å². The van der Waals surface area contributed by atoms with Crippen LogP contribution in [0.2, 0.25) is 0 Å². The maximum absolute atomic E-state index is 7.03. The number of rotatable bonds is 8. The van der Waals surface area contributed by atoms with Gasteiger partial charge in [0.1, 0.15) is 11.2 Å². The third-order valence-corrected chi connectivity index (χ3v) is 13.9. The van der Waals surface area contributed by atoms with Crippen LogP contribution in [-0.4, -0.2) is 0 Å². The molecule has 11 aromatic carbocycles. The molecule has 1 aromatic heterocycles. The summed E-state index contributed by atoms with van der Waals surface area (Å²) in [5.41, 5.74) is 18.8. The van der Waals surface area contributed by atoms with Crippen molar-refractivity contribution in [2.75, 3.05) is 4.90 Å². The van der Waals surface area contributed by atoms with E-state index < -0.39 is 5.41 Å². The molecule has 0 unspecified atom stereocenters. The van der Waals surface area contributed by atoms with Gasteiger partial charge in [-0.05, 0) is 109 Å². The van der Waals surface area contributed by atoms with Crippen molar-refractivity contribution in [2.45, 2.75) is 5.41 Å². The Balaban J connectivity index is 1.12. The van der Waals surface area contributed by atoms with E-state index >= 15 is 0 Å². The first kappa shape index (κ1) is 38.7. The molecule has 0 atom stereocenters. The van der Waals surface area contributed by atoms with Crippen molar-refractivity contribution in [3.8, 4) is 44.5 Å². The molecule has 2 nitrogen and oxygen atoms in total. The van der Waals surface area contributed by atoms with Gasteiger partial charge in [-0.1, -0.05) is 218 Å². The van der Waals surface area contributed by atoms with Crippen LogP contribution >= 0.6 is 0 Å². The van der Waals surface area contributed by atoms with E-state index in [0.29, 0.717) is 0 Å². The van der Waals surface area contributed by atoms with E-state index in [1.165, 1.54) is 61.0 Å². The van der Waals surface area contributed by atoms with Crippen molar-refractivity contribution in [1.82, 2.24) is 0 Å². The fraction of sp³-hybridized carbons (Fsp3) is 0.0154. The number of benzene rings is 11. The molecule has 0 amide bonds. The number of anilines is 3. The van der Waals surface area contributed by atoms with Gasteiger partial charge in [0.15, 0.2) is 0 Å². The average Bonchev–Trinajstić information content (AvgIpc) is 3.93. The first-order valence-corrected chi connectivity index (χ1v) is 23.1. The molecule has 0 fully saturated rings. The molecule has 0 aliphatic heterocycles. The standard InChI is InChI=1S/C65H43NO/c1-6-20-44(21-7-1)45-34-36-50(37-35-45)66(51-38-39-54-53-31-18-19-33-60(53)65(61(54)40-51,48-26-12-4-13-27-48)49-28-14-5-15-29-49)62-42-58-59-41-56(46-22-8-2-9-23-46)52-30-16-17-32-55(52)64(59)67-63(58)43-57(62)47-24-10-3-11-25-47/h1-43H. The topological polar surface area (TPSA) is 16.4 Å². The summed E-state index contributed by atoms with van der Waals surface area (Å²) in [6, 6.07) is 95.0. The Hall–Kier alpha value is -8.72. The van der Waals surface area contributed by atoms with Crippen molar-refractivity contribution < 1.29 is 4.42 Å². The summed E-state index contributed by atoms with van der Waals surface area (Å²) in [7, 11) is 0. The van der Waals surface area contributed by atoms with E-state index in [-0.39, 0.29) is 0 Å². The van der Waals surface area contributed by atoms with Crippen molar-refractivity contribution >= 4 is 49.8 Å². The summed E-state index contributed by atoms with van der Waals surface area (Å²) >= 11 is 0. The summed E-state index contributed by atoms with van der Waals surface area (Å²) in [4.78, 5) is 2.47. The Morgan fingerprint density at radius 2 is 0.806 bits per heavy atom. The minimum Gasteiger partial charge on any atom is -0.455 e. The second-order valence-electron chi connectivity index (χ2n) is 17.6. The highest BCUT2D eigenvalue weighted by Gasteiger charge is 2.46. The van der Waals surface area contributed by atoms with Crippen LogP contribution in [0.3, 0.4) is 0 Å². The summed E-state index contributed by atoms with van der Waals surface area (Å²) < 4.78 is 7.03. The van der Waals surface area contributed by atoms with Crippen LogP contribution in [0.4, 0.5) is 17.1 Å². The first-order valence-electron chi connectivity index (χ1n) is 23.1. The highest BCUT2D eigenvalue weighted by molar-refractivity contribution is 6.20. The van der Waals surface area contributed by atoms with E-state index in [2.05, 4.69) is 266 Å². The van der Waals surface area contributed by atoms with Crippen molar-refractivity contribution in [2.24, 2.45) is 0 Å². The molecule has 0 bridgehead atoms. The van der Waals surface area contributed by atoms with E-state index in [1.54, 1.807) is 0 Å². The minimum absolute atomic E-state index is 0.560. The van der Waals surface area contributed by atoms with Crippen LogP contribution in [0.1, 0.15) is 22.3 Å². The van der Waals surface area contributed by atoms with Crippen LogP contribution < -0.4 is 4.90 Å². The fourth-order valence-electron chi connectivity index (χ4n) is 11.0. The predicted octanol–water partition coefficient (Wildman–Crippen LogP) is 17.6. The molecule has 2 heteroatoms. The summed E-state index contributed by atoms with van der Waals surface area (Å²) in [5, 5.41) is 4.42. The SMILES string of the molecule is c1ccc(-c2ccc(N(c3ccc4c(c3)C(c3ccccc3)(c3ccccc3)c3ccccc3-4)c3cc4c(cc3-c3ccccc3)oc3c5ccccc5c(-c5ccccc5)cc43)cc2)cc1. The number of furan rings is 1.